The lowest BCUT2D eigenvalue weighted by Crippen LogP contribution is -2.39. The minimum atomic E-state index is -2.22. The fourth-order valence-electron chi connectivity index (χ4n) is 1.35. The van der Waals surface area contributed by atoms with Crippen molar-refractivity contribution < 1.29 is 24.4 Å². The maximum absolute atomic E-state index is 11.0. The Balaban J connectivity index is 3.38. The third-order valence-corrected chi connectivity index (χ3v) is 2.29. The predicted molar refractivity (Wildman–Crippen MR) is 55.5 cm³/mol. The number of aliphatic carboxylic acids is 1. The quantitative estimate of drug-likeness (QED) is 0.351. The highest BCUT2D eigenvalue weighted by atomic mass is 16.6. The van der Waals surface area contributed by atoms with E-state index in [0.717, 1.165) is 13.2 Å². The van der Waals surface area contributed by atoms with Crippen LogP contribution in [0.2, 0.25) is 0 Å². The van der Waals surface area contributed by atoms with E-state index in [9.17, 15) is 19.7 Å². The molecule has 1 unspecified atom stereocenters. The van der Waals surface area contributed by atoms with Crippen LogP contribution in [0.15, 0.2) is 24.3 Å². The Hall–Kier alpha value is -2.28. The largest absolute Gasteiger partial charge is 0.479 e. The minimum Gasteiger partial charge on any atom is -0.479 e. The molecule has 0 saturated heterocycles. The molecule has 0 aliphatic heterocycles. The van der Waals surface area contributed by atoms with Gasteiger partial charge in [0.05, 0.1) is 4.92 Å². The summed E-state index contributed by atoms with van der Waals surface area (Å²) in [6.45, 7) is 0. The Morgan fingerprint density at radius 3 is 2.65 bits per heavy atom. The first-order chi connectivity index (χ1) is 7.97. The van der Waals surface area contributed by atoms with Crippen LogP contribution in [0.3, 0.4) is 0 Å². The van der Waals surface area contributed by atoms with Crippen LogP contribution >= 0.6 is 0 Å². The smallest absolute Gasteiger partial charge is 0.348 e. The number of methoxy groups -OCH3 is 1. The number of aldehydes is 1. The molecule has 0 aromatic heterocycles. The van der Waals surface area contributed by atoms with E-state index in [4.69, 9.17) is 5.11 Å². The lowest BCUT2D eigenvalue weighted by molar-refractivity contribution is -0.385. The topological polar surface area (TPSA) is 107 Å². The molecular formula is C10H9NO6. The number of benzene rings is 1. The first kappa shape index (κ1) is 12.8. The summed E-state index contributed by atoms with van der Waals surface area (Å²) in [5.74, 6) is -1.53. The molecule has 0 bridgehead atoms. The van der Waals surface area contributed by atoms with E-state index in [1.165, 1.54) is 18.2 Å². The average Bonchev–Trinajstić information content (AvgIpc) is 2.31. The zero-order valence-electron chi connectivity index (χ0n) is 8.82. The van der Waals surface area contributed by atoms with E-state index in [1.54, 1.807) is 0 Å². The number of hydrogen-bond donors (Lipinski definition) is 1. The van der Waals surface area contributed by atoms with Crippen molar-refractivity contribution >= 4 is 17.9 Å². The second kappa shape index (κ2) is 4.71. The molecule has 0 aliphatic carbocycles. The Morgan fingerprint density at radius 2 is 2.24 bits per heavy atom. The van der Waals surface area contributed by atoms with Crippen LogP contribution in [-0.4, -0.2) is 29.4 Å². The molecule has 1 N–H and O–H groups in total. The SMILES string of the molecule is COC(C=O)(C(=O)O)c1cccc([N+](=O)[O-])c1. The van der Waals surface area contributed by atoms with Gasteiger partial charge in [-0.1, -0.05) is 12.1 Å². The molecule has 0 radical (unpaired) electrons. The van der Waals surface area contributed by atoms with Crippen LogP contribution in [0.5, 0.6) is 0 Å². The Labute approximate surface area is 95.8 Å². The summed E-state index contributed by atoms with van der Waals surface area (Å²) in [6, 6.07) is 4.75. The van der Waals surface area contributed by atoms with Gasteiger partial charge >= 0.3 is 5.97 Å². The molecule has 0 heterocycles. The lowest BCUT2D eigenvalue weighted by atomic mass is 9.95. The number of non-ortho nitro benzene ring substituents is 1. The normalized spacial score (nSPS) is 13.7. The number of carbonyl (C=O) groups is 2. The van der Waals surface area contributed by atoms with Crippen LogP contribution in [0.25, 0.3) is 0 Å². The van der Waals surface area contributed by atoms with Crippen molar-refractivity contribution in [2.24, 2.45) is 0 Å². The molecule has 0 saturated carbocycles. The Morgan fingerprint density at radius 1 is 1.59 bits per heavy atom. The first-order valence-corrected chi connectivity index (χ1v) is 4.47. The van der Waals surface area contributed by atoms with E-state index in [-0.39, 0.29) is 17.5 Å². The first-order valence-electron chi connectivity index (χ1n) is 4.47. The van der Waals surface area contributed by atoms with E-state index >= 15 is 0 Å². The molecule has 1 atom stereocenters. The number of nitro groups is 1. The second-order valence-electron chi connectivity index (χ2n) is 3.17. The molecular weight excluding hydrogens is 230 g/mol. The maximum atomic E-state index is 11.0. The zero-order chi connectivity index (χ0) is 13.1. The van der Waals surface area contributed by atoms with Gasteiger partial charge in [0.15, 0.2) is 6.29 Å². The number of carboxylic acid groups (broad SMARTS) is 1. The van der Waals surface area contributed by atoms with E-state index in [1.807, 2.05) is 0 Å². The van der Waals surface area contributed by atoms with Crippen LogP contribution in [0, 0.1) is 10.1 Å². The van der Waals surface area contributed by atoms with Gasteiger partial charge in [-0.05, 0) is 0 Å². The molecule has 0 aliphatic rings. The number of nitrogens with zero attached hydrogens (tertiary/aromatic N) is 1. The van der Waals surface area contributed by atoms with Gasteiger partial charge in [0, 0.05) is 24.8 Å². The summed E-state index contributed by atoms with van der Waals surface area (Å²) < 4.78 is 4.68. The monoisotopic (exact) mass is 239 g/mol. The van der Waals surface area contributed by atoms with Gasteiger partial charge in [-0.3, -0.25) is 14.9 Å². The molecule has 1 aromatic rings. The van der Waals surface area contributed by atoms with Gasteiger partial charge in [-0.2, -0.15) is 0 Å². The molecule has 1 aromatic carbocycles. The summed E-state index contributed by atoms with van der Waals surface area (Å²) in [4.78, 5) is 31.8. The highest BCUT2D eigenvalue weighted by Crippen LogP contribution is 2.26. The molecule has 90 valence electrons. The van der Waals surface area contributed by atoms with Crippen LogP contribution in [-0.2, 0) is 19.9 Å². The van der Waals surface area contributed by atoms with E-state index in [2.05, 4.69) is 4.74 Å². The standard InChI is InChI=1S/C10H9NO6/c1-17-10(6-12,9(13)14)7-3-2-4-8(5-7)11(15)16/h2-6H,1H3,(H,13,14). The molecule has 1 rings (SSSR count). The highest BCUT2D eigenvalue weighted by Gasteiger charge is 2.41. The summed E-state index contributed by atoms with van der Waals surface area (Å²) in [6.07, 6.45) is 0.0917. The number of carboxylic acids is 1. The number of carbonyl (C=O) groups excluding carboxylic acids is 1. The number of hydrogen-bond acceptors (Lipinski definition) is 5. The summed E-state index contributed by atoms with van der Waals surface area (Å²) in [5.41, 5.74) is -2.63. The van der Waals surface area contributed by atoms with E-state index < -0.39 is 16.5 Å². The molecule has 7 nitrogen and oxygen atoms in total. The molecule has 7 heteroatoms. The van der Waals surface area contributed by atoms with Gasteiger partial charge in [0.1, 0.15) is 0 Å². The third kappa shape index (κ3) is 2.13. The van der Waals surface area contributed by atoms with Gasteiger partial charge in [0.25, 0.3) is 5.69 Å². The summed E-state index contributed by atoms with van der Waals surface area (Å²) >= 11 is 0. The van der Waals surface area contributed by atoms with Crippen LogP contribution in [0.4, 0.5) is 5.69 Å². The van der Waals surface area contributed by atoms with Crippen LogP contribution < -0.4 is 0 Å². The molecule has 0 amide bonds. The lowest BCUT2D eigenvalue weighted by Gasteiger charge is -2.21. The van der Waals surface area contributed by atoms with Crippen molar-refractivity contribution in [3.8, 4) is 0 Å². The minimum absolute atomic E-state index is 0.0917. The summed E-state index contributed by atoms with van der Waals surface area (Å²) in [5, 5.41) is 19.5. The van der Waals surface area contributed by atoms with Crippen molar-refractivity contribution in [1.29, 1.82) is 0 Å². The van der Waals surface area contributed by atoms with Crippen molar-refractivity contribution in [2.45, 2.75) is 5.60 Å². The molecule has 0 spiro atoms. The average molecular weight is 239 g/mol. The summed E-state index contributed by atoms with van der Waals surface area (Å²) in [7, 11) is 1.04. The molecule has 17 heavy (non-hydrogen) atoms. The predicted octanol–water partition coefficient (Wildman–Crippen LogP) is 0.720. The fourth-order valence-corrected chi connectivity index (χ4v) is 1.35. The highest BCUT2D eigenvalue weighted by molar-refractivity contribution is 5.97. The van der Waals surface area contributed by atoms with Crippen molar-refractivity contribution in [3.63, 3.8) is 0 Å². The van der Waals surface area contributed by atoms with Gasteiger partial charge in [-0.25, -0.2) is 4.79 Å². The van der Waals surface area contributed by atoms with Crippen molar-refractivity contribution in [3.05, 3.63) is 39.9 Å². The second-order valence-corrected chi connectivity index (χ2v) is 3.17. The van der Waals surface area contributed by atoms with Gasteiger partial charge < -0.3 is 9.84 Å². The Bertz CT molecular complexity index is 472. The Kier molecular flexibility index (Phi) is 3.54. The fraction of sp³-hybridized carbons (Fsp3) is 0.200. The third-order valence-electron chi connectivity index (χ3n) is 2.29. The number of rotatable bonds is 5. The van der Waals surface area contributed by atoms with Crippen molar-refractivity contribution in [1.82, 2.24) is 0 Å². The number of ether oxygens (including phenoxy) is 1. The molecule has 0 fully saturated rings. The van der Waals surface area contributed by atoms with Crippen molar-refractivity contribution in [2.75, 3.05) is 7.11 Å². The zero-order valence-corrected chi connectivity index (χ0v) is 8.82. The van der Waals surface area contributed by atoms with Crippen LogP contribution in [0.1, 0.15) is 5.56 Å². The van der Waals surface area contributed by atoms with E-state index in [0.29, 0.717) is 0 Å². The van der Waals surface area contributed by atoms with Gasteiger partial charge in [0.2, 0.25) is 5.60 Å². The van der Waals surface area contributed by atoms with Gasteiger partial charge in [-0.15, -0.1) is 0 Å². The number of nitro benzene ring substituents is 1. The maximum Gasteiger partial charge on any atom is 0.348 e.